The first-order chi connectivity index (χ1) is 8.15. The van der Waals surface area contributed by atoms with E-state index in [0.29, 0.717) is 0 Å². The second-order valence-electron chi connectivity index (χ2n) is 5.14. The molecule has 2 heteroatoms. The molecule has 1 N–H and O–H groups in total. The molecule has 17 heavy (non-hydrogen) atoms. The molecule has 0 bridgehead atoms. The second kappa shape index (κ2) is 5.03. The molecule has 0 radical (unpaired) electrons. The van der Waals surface area contributed by atoms with E-state index in [0.717, 1.165) is 42.9 Å². The van der Waals surface area contributed by atoms with Crippen molar-refractivity contribution in [2.24, 2.45) is 10.9 Å². The number of rotatable bonds is 2. The first-order valence-electron chi connectivity index (χ1n) is 6.55. The molecule has 1 aliphatic carbocycles. The van der Waals surface area contributed by atoms with Gasteiger partial charge in [0, 0.05) is 11.8 Å². The van der Waals surface area contributed by atoms with Gasteiger partial charge in [0.1, 0.15) is 5.60 Å². The lowest BCUT2D eigenvalue weighted by atomic mass is 9.74. The van der Waals surface area contributed by atoms with Crippen LogP contribution in [0.5, 0.6) is 0 Å². The van der Waals surface area contributed by atoms with Crippen LogP contribution in [-0.4, -0.2) is 16.4 Å². The van der Waals surface area contributed by atoms with Crippen LogP contribution < -0.4 is 0 Å². The average Bonchev–Trinajstić information content (AvgIpc) is 2.55. The summed E-state index contributed by atoms with van der Waals surface area (Å²) >= 11 is 0. The highest BCUT2D eigenvalue weighted by Crippen LogP contribution is 2.36. The number of nitrogens with zero attached hydrogens (tertiary/aromatic N) is 1. The van der Waals surface area contributed by atoms with Crippen LogP contribution in [0, 0.1) is 5.92 Å². The van der Waals surface area contributed by atoms with Crippen molar-refractivity contribution < 1.29 is 5.11 Å². The summed E-state index contributed by atoms with van der Waals surface area (Å²) in [5.41, 5.74) is 4.21. The Labute approximate surface area is 103 Å². The fraction of sp³-hybridized carbons (Fsp3) is 0.600. The van der Waals surface area contributed by atoms with Crippen molar-refractivity contribution >= 4 is 5.71 Å². The maximum absolute atomic E-state index is 10.8. The Balaban J connectivity index is 2.20. The smallest absolute Gasteiger partial charge is 0.107 e. The number of aliphatic imine (C=N–C) groups is 1. The van der Waals surface area contributed by atoms with Crippen molar-refractivity contribution in [3.8, 4) is 0 Å². The topological polar surface area (TPSA) is 32.6 Å². The maximum Gasteiger partial charge on any atom is 0.107 e. The van der Waals surface area contributed by atoms with E-state index in [2.05, 4.69) is 17.6 Å². The summed E-state index contributed by atoms with van der Waals surface area (Å²) in [6, 6.07) is 0. The summed E-state index contributed by atoms with van der Waals surface area (Å²) < 4.78 is 0. The summed E-state index contributed by atoms with van der Waals surface area (Å²) in [6.45, 7) is 4.21. The SMILES string of the molecule is CCC1CCC(O)(C2=NC=CC=C=C2C)CC1. The zero-order chi connectivity index (χ0) is 12.3. The molecule has 0 amide bonds. The lowest BCUT2D eigenvalue weighted by molar-refractivity contribution is 0.0533. The molecule has 0 aromatic rings. The Kier molecular flexibility index (Phi) is 3.66. The summed E-state index contributed by atoms with van der Waals surface area (Å²) in [5.74, 6) is 0.775. The van der Waals surface area contributed by atoms with Gasteiger partial charge in [-0.05, 0) is 50.7 Å². The summed E-state index contributed by atoms with van der Waals surface area (Å²) in [5, 5.41) is 10.8. The highest BCUT2D eigenvalue weighted by molar-refractivity contribution is 6.06. The minimum Gasteiger partial charge on any atom is -0.384 e. The molecular formula is C15H21NO. The number of hydrogen-bond donors (Lipinski definition) is 1. The van der Waals surface area contributed by atoms with Crippen molar-refractivity contribution in [3.63, 3.8) is 0 Å². The lowest BCUT2D eigenvalue weighted by Gasteiger charge is -2.36. The van der Waals surface area contributed by atoms with Gasteiger partial charge in [-0.3, -0.25) is 4.99 Å². The Hall–Kier alpha value is -1.11. The van der Waals surface area contributed by atoms with Crippen LogP contribution in [-0.2, 0) is 0 Å². The molecule has 2 aliphatic rings. The highest BCUT2D eigenvalue weighted by atomic mass is 16.3. The Morgan fingerprint density at radius 1 is 1.47 bits per heavy atom. The third-order valence-electron chi connectivity index (χ3n) is 3.99. The van der Waals surface area contributed by atoms with E-state index in [4.69, 9.17) is 0 Å². The largest absolute Gasteiger partial charge is 0.384 e. The van der Waals surface area contributed by atoms with Crippen molar-refractivity contribution in [1.29, 1.82) is 0 Å². The summed E-state index contributed by atoms with van der Waals surface area (Å²) in [4.78, 5) is 4.41. The van der Waals surface area contributed by atoms with E-state index in [1.165, 1.54) is 6.42 Å². The molecule has 0 atom stereocenters. The average molecular weight is 231 g/mol. The van der Waals surface area contributed by atoms with Gasteiger partial charge in [-0.2, -0.15) is 0 Å². The van der Waals surface area contributed by atoms with E-state index in [1.54, 1.807) is 6.20 Å². The summed E-state index contributed by atoms with van der Waals surface area (Å²) in [7, 11) is 0. The van der Waals surface area contributed by atoms with Crippen LogP contribution in [0.1, 0.15) is 46.0 Å². The summed E-state index contributed by atoms with van der Waals surface area (Å²) in [6.07, 6.45) is 10.6. The Morgan fingerprint density at radius 3 is 2.82 bits per heavy atom. The van der Waals surface area contributed by atoms with E-state index in [-0.39, 0.29) is 0 Å². The van der Waals surface area contributed by atoms with Gasteiger partial charge in [0.15, 0.2) is 0 Å². The molecule has 2 nitrogen and oxygen atoms in total. The van der Waals surface area contributed by atoms with Gasteiger partial charge >= 0.3 is 0 Å². The van der Waals surface area contributed by atoms with Gasteiger partial charge in [-0.25, -0.2) is 0 Å². The predicted molar refractivity (Wildman–Crippen MR) is 71.0 cm³/mol. The number of allylic oxidation sites excluding steroid dienone is 1. The van der Waals surface area contributed by atoms with Crippen molar-refractivity contribution in [1.82, 2.24) is 0 Å². The van der Waals surface area contributed by atoms with Crippen LogP contribution in [0.3, 0.4) is 0 Å². The molecular weight excluding hydrogens is 210 g/mol. The van der Waals surface area contributed by atoms with Gasteiger partial charge in [0.05, 0.1) is 5.71 Å². The third-order valence-corrected chi connectivity index (χ3v) is 3.99. The predicted octanol–water partition coefficient (Wildman–Crippen LogP) is 3.39. The number of hydrogen-bond acceptors (Lipinski definition) is 2. The quantitative estimate of drug-likeness (QED) is 0.726. The Bertz CT molecular complexity index is 403. The molecule has 0 spiro atoms. The monoisotopic (exact) mass is 231 g/mol. The highest BCUT2D eigenvalue weighted by Gasteiger charge is 2.37. The van der Waals surface area contributed by atoms with E-state index < -0.39 is 5.60 Å². The zero-order valence-electron chi connectivity index (χ0n) is 10.7. The van der Waals surface area contributed by atoms with Crippen molar-refractivity contribution in [2.45, 2.75) is 51.6 Å². The molecule has 0 aromatic heterocycles. The van der Waals surface area contributed by atoms with Crippen molar-refractivity contribution in [2.75, 3.05) is 0 Å². The molecule has 1 fully saturated rings. The van der Waals surface area contributed by atoms with E-state index in [9.17, 15) is 5.11 Å². The molecule has 0 aromatic carbocycles. The molecule has 92 valence electrons. The maximum atomic E-state index is 10.8. The fourth-order valence-corrected chi connectivity index (χ4v) is 2.77. The minimum atomic E-state index is -0.731. The van der Waals surface area contributed by atoms with Crippen LogP contribution in [0.25, 0.3) is 0 Å². The van der Waals surface area contributed by atoms with E-state index >= 15 is 0 Å². The van der Waals surface area contributed by atoms with Gasteiger partial charge in [0.2, 0.25) is 0 Å². The van der Waals surface area contributed by atoms with Gasteiger partial charge in [0.25, 0.3) is 0 Å². The van der Waals surface area contributed by atoms with Gasteiger partial charge in [-0.1, -0.05) is 13.3 Å². The molecule has 1 aliphatic heterocycles. The molecule has 0 saturated heterocycles. The normalized spacial score (nSPS) is 33.0. The zero-order valence-corrected chi connectivity index (χ0v) is 10.7. The van der Waals surface area contributed by atoms with Crippen LogP contribution in [0.2, 0.25) is 0 Å². The third kappa shape index (κ3) is 2.59. The van der Waals surface area contributed by atoms with Gasteiger partial charge < -0.3 is 5.11 Å². The lowest BCUT2D eigenvalue weighted by Crippen LogP contribution is -2.42. The van der Waals surface area contributed by atoms with Crippen LogP contribution in [0.4, 0.5) is 0 Å². The fourth-order valence-electron chi connectivity index (χ4n) is 2.77. The minimum absolute atomic E-state index is 0.731. The number of aliphatic hydroxyl groups is 1. The van der Waals surface area contributed by atoms with Crippen LogP contribution in [0.15, 0.2) is 34.6 Å². The molecule has 1 heterocycles. The standard InChI is InChI=1S/C15H21NO/c1-3-13-7-9-15(17,10-8-13)14-12(2)6-4-5-11-16-14/h4-5,11,13,17H,3,7-10H2,1-2H3. The molecule has 0 unspecified atom stereocenters. The van der Waals surface area contributed by atoms with Gasteiger partial charge in [-0.15, -0.1) is 5.73 Å². The Morgan fingerprint density at radius 2 is 2.18 bits per heavy atom. The first-order valence-corrected chi connectivity index (χ1v) is 6.55. The molecule has 2 rings (SSSR count). The molecule has 1 saturated carbocycles. The van der Waals surface area contributed by atoms with Crippen LogP contribution >= 0.6 is 0 Å². The van der Waals surface area contributed by atoms with E-state index in [1.807, 2.05) is 19.1 Å². The first kappa shape index (κ1) is 12.3. The van der Waals surface area contributed by atoms with Crippen molar-refractivity contribution in [3.05, 3.63) is 29.7 Å². The second-order valence-corrected chi connectivity index (χ2v) is 5.14.